The minimum Gasteiger partial charge on any atom is -0.489 e. The Hall–Kier alpha value is -1.84. The fraction of sp³-hybridized carbons (Fsp3) is 0.556. The van der Waals surface area contributed by atoms with E-state index in [2.05, 4.69) is 6.92 Å². The maximum absolute atomic E-state index is 12.6. The van der Waals surface area contributed by atoms with Crippen LogP contribution in [0, 0.1) is 0 Å². The van der Waals surface area contributed by atoms with Gasteiger partial charge in [-0.2, -0.15) is 0 Å². The Balaban J connectivity index is 3.23. The molecule has 1 rings (SSSR count). The number of hydrogen-bond donors (Lipinski definition) is 0. The van der Waals surface area contributed by atoms with Crippen LogP contribution in [0.15, 0.2) is 34.3 Å². The monoisotopic (exact) mass is 306 g/mol. The zero-order valence-electron chi connectivity index (χ0n) is 14.6. The van der Waals surface area contributed by atoms with E-state index >= 15 is 0 Å². The zero-order chi connectivity index (χ0) is 17.1. The molecule has 0 fully saturated rings. The van der Waals surface area contributed by atoms with Crippen LogP contribution in [0.25, 0.3) is 0 Å². The number of ketones is 2. The molecule has 0 radical (unpaired) electrons. The molecular formula is C18H26O4. The van der Waals surface area contributed by atoms with Gasteiger partial charge in [0.05, 0.1) is 7.11 Å². The highest BCUT2D eigenvalue weighted by atomic mass is 16.5. The normalized spacial score (nSPS) is 17.3. The van der Waals surface area contributed by atoms with Crippen molar-refractivity contribution >= 4 is 11.6 Å². The topological polar surface area (TPSA) is 52.6 Å². The Labute approximate surface area is 132 Å². The molecule has 0 aliphatic heterocycles. The van der Waals surface area contributed by atoms with Gasteiger partial charge in [-0.1, -0.05) is 18.6 Å². The summed E-state index contributed by atoms with van der Waals surface area (Å²) < 4.78 is 10.8. The second-order valence-corrected chi connectivity index (χ2v) is 6.45. The number of ether oxygens (including phenoxy) is 2. The van der Waals surface area contributed by atoms with Gasteiger partial charge in [0.2, 0.25) is 23.1 Å². The largest absolute Gasteiger partial charge is 0.489 e. The van der Waals surface area contributed by atoms with E-state index in [1.807, 2.05) is 33.8 Å². The van der Waals surface area contributed by atoms with Gasteiger partial charge >= 0.3 is 0 Å². The molecule has 0 spiro atoms. The summed E-state index contributed by atoms with van der Waals surface area (Å²) in [5, 5.41) is 0. The number of rotatable bonds is 5. The smallest absolute Gasteiger partial charge is 0.228 e. The van der Waals surface area contributed by atoms with E-state index in [0.717, 1.165) is 6.42 Å². The van der Waals surface area contributed by atoms with E-state index in [1.165, 1.54) is 12.7 Å². The number of methoxy groups -OCH3 is 1. The summed E-state index contributed by atoms with van der Waals surface area (Å²) in [6.45, 7) is 11.2. The van der Waals surface area contributed by atoms with Gasteiger partial charge < -0.3 is 9.47 Å². The Kier molecular flexibility index (Phi) is 5.75. The number of Topliss-reactive ketones (excluding diaryl/α,β-unsaturated/α-hetero) is 2. The summed E-state index contributed by atoms with van der Waals surface area (Å²) in [6, 6.07) is 0. The molecule has 0 amide bonds. The molecule has 1 aliphatic rings. The van der Waals surface area contributed by atoms with Crippen molar-refractivity contribution in [3.05, 3.63) is 34.3 Å². The number of allylic oxidation sites excluding steroid dienone is 4. The molecule has 0 aromatic carbocycles. The van der Waals surface area contributed by atoms with E-state index < -0.39 is 5.60 Å². The summed E-state index contributed by atoms with van der Waals surface area (Å²) >= 11 is 0. The van der Waals surface area contributed by atoms with Gasteiger partial charge in [0.15, 0.2) is 0 Å². The van der Waals surface area contributed by atoms with E-state index in [0.29, 0.717) is 17.6 Å². The lowest BCUT2D eigenvalue weighted by Crippen LogP contribution is -2.30. The lowest BCUT2D eigenvalue weighted by atomic mass is 9.90. The first kappa shape index (κ1) is 18.2. The van der Waals surface area contributed by atoms with Crippen LogP contribution in [0.5, 0.6) is 0 Å². The first-order valence-corrected chi connectivity index (χ1v) is 7.54. The molecule has 0 N–H and O–H groups in total. The number of carbonyl (C=O) groups is 2. The average Bonchev–Trinajstić information content (AvgIpc) is 2.43. The van der Waals surface area contributed by atoms with Crippen LogP contribution in [0.2, 0.25) is 0 Å². The van der Waals surface area contributed by atoms with Crippen LogP contribution in [0.4, 0.5) is 0 Å². The van der Waals surface area contributed by atoms with E-state index in [-0.39, 0.29) is 23.1 Å². The number of hydrogen-bond acceptors (Lipinski definition) is 4. The van der Waals surface area contributed by atoms with E-state index in [1.54, 1.807) is 6.92 Å². The number of carbonyl (C=O) groups excluding carboxylic acids is 2. The molecule has 4 heteroatoms. The van der Waals surface area contributed by atoms with Crippen molar-refractivity contribution < 1.29 is 19.1 Å². The molecule has 0 unspecified atom stereocenters. The van der Waals surface area contributed by atoms with Crippen molar-refractivity contribution in [3.8, 4) is 0 Å². The highest BCUT2D eigenvalue weighted by molar-refractivity contribution is 6.23. The average molecular weight is 306 g/mol. The van der Waals surface area contributed by atoms with Gasteiger partial charge in [0, 0.05) is 11.1 Å². The van der Waals surface area contributed by atoms with Crippen molar-refractivity contribution in [3.63, 3.8) is 0 Å². The molecule has 0 saturated heterocycles. The summed E-state index contributed by atoms with van der Waals surface area (Å²) in [7, 11) is 1.39. The summed E-state index contributed by atoms with van der Waals surface area (Å²) in [5.41, 5.74) is 1.52. The Morgan fingerprint density at radius 3 is 2.18 bits per heavy atom. The van der Waals surface area contributed by atoms with Crippen LogP contribution in [-0.4, -0.2) is 24.3 Å². The quantitative estimate of drug-likeness (QED) is 0.571. The van der Waals surface area contributed by atoms with Crippen molar-refractivity contribution in [2.75, 3.05) is 7.11 Å². The molecule has 0 heterocycles. The highest BCUT2D eigenvalue weighted by Crippen LogP contribution is 2.30. The van der Waals surface area contributed by atoms with Gasteiger partial charge in [0.1, 0.15) is 5.60 Å². The third-order valence-electron chi connectivity index (χ3n) is 3.51. The molecule has 4 nitrogen and oxygen atoms in total. The molecule has 0 atom stereocenters. The van der Waals surface area contributed by atoms with Crippen LogP contribution >= 0.6 is 0 Å². The molecule has 1 aliphatic carbocycles. The maximum atomic E-state index is 12.6. The van der Waals surface area contributed by atoms with Crippen molar-refractivity contribution in [1.82, 2.24) is 0 Å². The standard InChI is InChI=1S/C18H26O4/c1-8-11(2)9-10-13-12(3)14(19)17(22-18(4,5)6)16(21-7)15(13)20/h9H,8,10H2,1-7H3/b11-9+. The highest BCUT2D eigenvalue weighted by Gasteiger charge is 2.36. The summed E-state index contributed by atoms with van der Waals surface area (Å²) in [6.07, 6.45) is 3.33. The Morgan fingerprint density at radius 1 is 1.14 bits per heavy atom. The molecule has 122 valence electrons. The van der Waals surface area contributed by atoms with Gasteiger partial charge in [-0.25, -0.2) is 0 Å². The Bertz CT molecular complexity index is 568. The minimum absolute atomic E-state index is 0.00285. The van der Waals surface area contributed by atoms with Crippen LogP contribution < -0.4 is 0 Å². The third-order valence-corrected chi connectivity index (χ3v) is 3.51. The van der Waals surface area contributed by atoms with E-state index in [9.17, 15) is 9.59 Å². The van der Waals surface area contributed by atoms with Crippen molar-refractivity contribution in [2.45, 2.75) is 60.0 Å². The predicted octanol–water partition coefficient (Wildman–Crippen LogP) is 3.87. The second-order valence-electron chi connectivity index (χ2n) is 6.45. The van der Waals surface area contributed by atoms with Gasteiger partial charge in [-0.15, -0.1) is 0 Å². The fourth-order valence-electron chi connectivity index (χ4n) is 2.07. The third kappa shape index (κ3) is 4.09. The van der Waals surface area contributed by atoms with Gasteiger partial charge in [-0.05, 0) is 47.5 Å². The summed E-state index contributed by atoms with van der Waals surface area (Å²) in [5.74, 6) is -0.525. The first-order valence-electron chi connectivity index (χ1n) is 7.54. The fourth-order valence-corrected chi connectivity index (χ4v) is 2.07. The lowest BCUT2D eigenvalue weighted by Gasteiger charge is -2.27. The first-order chi connectivity index (χ1) is 10.1. The Morgan fingerprint density at radius 2 is 1.73 bits per heavy atom. The molecule has 0 saturated carbocycles. The molecule has 0 bridgehead atoms. The van der Waals surface area contributed by atoms with Gasteiger partial charge in [0.25, 0.3) is 0 Å². The molecule has 0 aromatic heterocycles. The van der Waals surface area contributed by atoms with Crippen LogP contribution in [0.3, 0.4) is 0 Å². The van der Waals surface area contributed by atoms with E-state index in [4.69, 9.17) is 9.47 Å². The van der Waals surface area contributed by atoms with Crippen molar-refractivity contribution in [1.29, 1.82) is 0 Å². The van der Waals surface area contributed by atoms with Crippen molar-refractivity contribution in [2.24, 2.45) is 0 Å². The summed E-state index contributed by atoms with van der Waals surface area (Å²) in [4.78, 5) is 25.2. The molecule has 0 aromatic rings. The van der Waals surface area contributed by atoms with Crippen LogP contribution in [0.1, 0.15) is 54.4 Å². The predicted molar refractivity (Wildman–Crippen MR) is 86.3 cm³/mol. The molecular weight excluding hydrogens is 280 g/mol. The van der Waals surface area contributed by atoms with Gasteiger partial charge in [-0.3, -0.25) is 9.59 Å². The lowest BCUT2D eigenvalue weighted by molar-refractivity contribution is -0.123. The molecule has 22 heavy (non-hydrogen) atoms. The zero-order valence-corrected chi connectivity index (χ0v) is 14.6. The SMILES string of the molecule is CC/C(C)=C/CC1=C(C)C(=O)C(OC(C)(C)C)=C(OC)C1=O. The second kappa shape index (κ2) is 6.95. The minimum atomic E-state index is -0.578. The maximum Gasteiger partial charge on any atom is 0.228 e. The van der Waals surface area contributed by atoms with Crippen LogP contribution in [-0.2, 0) is 19.1 Å².